The Hall–Kier alpha value is -1.13. The molecule has 0 spiro atoms. The molecular weight excluding hydrogens is 233 g/mol. The van der Waals surface area contributed by atoms with Gasteiger partial charge in [0.05, 0.1) is 13.2 Å². The maximum Gasteiger partial charge on any atom is 0.123 e. The van der Waals surface area contributed by atoms with Crippen molar-refractivity contribution in [2.75, 3.05) is 26.4 Å². The molecule has 1 aliphatic heterocycles. The van der Waals surface area contributed by atoms with Crippen LogP contribution in [0.4, 0.5) is 4.39 Å². The zero-order valence-electron chi connectivity index (χ0n) is 10.7. The van der Waals surface area contributed by atoms with Crippen LogP contribution in [0.25, 0.3) is 0 Å². The molecule has 1 atom stereocenters. The van der Waals surface area contributed by atoms with E-state index in [0.29, 0.717) is 19.1 Å². The zero-order valence-corrected chi connectivity index (χ0v) is 10.7. The van der Waals surface area contributed by atoms with Gasteiger partial charge in [-0.1, -0.05) is 6.92 Å². The van der Waals surface area contributed by atoms with Crippen LogP contribution >= 0.6 is 0 Å². The van der Waals surface area contributed by atoms with E-state index in [4.69, 9.17) is 9.47 Å². The summed E-state index contributed by atoms with van der Waals surface area (Å²) in [5.41, 5.74) is 0.871. The normalized spacial score (nSPS) is 19.1. The number of benzene rings is 1. The highest BCUT2D eigenvalue weighted by atomic mass is 19.1. The fourth-order valence-electron chi connectivity index (χ4n) is 2.01. The van der Waals surface area contributed by atoms with Crippen LogP contribution in [-0.4, -0.2) is 26.4 Å². The molecule has 18 heavy (non-hydrogen) atoms. The first kappa shape index (κ1) is 13.3. The second kappa shape index (κ2) is 6.71. The van der Waals surface area contributed by atoms with Crippen molar-refractivity contribution < 1.29 is 13.9 Å². The number of hydrogen-bond acceptors (Lipinski definition) is 3. The smallest absolute Gasteiger partial charge is 0.123 e. The summed E-state index contributed by atoms with van der Waals surface area (Å²) in [5.74, 6) is 1.01. The summed E-state index contributed by atoms with van der Waals surface area (Å²) in [7, 11) is 0. The standard InChI is InChI=1S/C14H20FNO2/c1-2-16-8-12-7-13(15)3-4-14(12)18-10-11-5-6-17-9-11/h3-4,7,11,16H,2,5-6,8-10H2,1H3. The molecule has 1 aromatic rings. The van der Waals surface area contributed by atoms with E-state index in [1.807, 2.05) is 6.92 Å². The van der Waals surface area contributed by atoms with Crippen molar-refractivity contribution in [3.05, 3.63) is 29.6 Å². The van der Waals surface area contributed by atoms with Crippen molar-refractivity contribution in [3.8, 4) is 5.75 Å². The van der Waals surface area contributed by atoms with Crippen LogP contribution in [0.3, 0.4) is 0 Å². The van der Waals surface area contributed by atoms with Crippen molar-refractivity contribution in [3.63, 3.8) is 0 Å². The van der Waals surface area contributed by atoms with Gasteiger partial charge in [-0.2, -0.15) is 0 Å². The summed E-state index contributed by atoms with van der Waals surface area (Å²) in [4.78, 5) is 0. The largest absolute Gasteiger partial charge is 0.493 e. The predicted octanol–water partition coefficient (Wildman–Crippen LogP) is 2.35. The number of ether oxygens (including phenoxy) is 2. The third kappa shape index (κ3) is 3.68. The predicted molar refractivity (Wildman–Crippen MR) is 68.2 cm³/mol. The molecule has 3 nitrogen and oxygen atoms in total. The Morgan fingerprint density at radius 3 is 3.11 bits per heavy atom. The van der Waals surface area contributed by atoms with E-state index in [1.165, 1.54) is 12.1 Å². The summed E-state index contributed by atoms with van der Waals surface area (Å²) < 4.78 is 24.3. The van der Waals surface area contributed by atoms with Gasteiger partial charge in [-0.3, -0.25) is 0 Å². The average Bonchev–Trinajstić information content (AvgIpc) is 2.88. The molecule has 0 aliphatic carbocycles. The van der Waals surface area contributed by atoms with Gasteiger partial charge in [0, 0.05) is 24.6 Å². The average molecular weight is 253 g/mol. The number of rotatable bonds is 6. The van der Waals surface area contributed by atoms with Gasteiger partial charge in [-0.15, -0.1) is 0 Å². The van der Waals surface area contributed by atoms with E-state index >= 15 is 0 Å². The van der Waals surface area contributed by atoms with Gasteiger partial charge in [0.1, 0.15) is 11.6 Å². The molecule has 0 radical (unpaired) electrons. The minimum Gasteiger partial charge on any atom is -0.493 e. The summed E-state index contributed by atoms with van der Waals surface area (Å²) in [6, 6.07) is 4.68. The van der Waals surface area contributed by atoms with E-state index in [0.717, 1.165) is 37.5 Å². The molecule has 0 aromatic heterocycles. The Balaban J connectivity index is 1.96. The van der Waals surface area contributed by atoms with Gasteiger partial charge in [-0.25, -0.2) is 4.39 Å². The van der Waals surface area contributed by atoms with Crippen LogP contribution in [0.1, 0.15) is 18.9 Å². The lowest BCUT2D eigenvalue weighted by Gasteiger charge is -2.14. The fourth-order valence-corrected chi connectivity index (χ4v) is 2.01. The summed E-state index contributed by atoms with van der Waals surface area (Å²) in [5, 5.41) is 3.19. The SMILES string of the molecule is CCNCc1cc(F)ccc1OCC1CCOC1. The highest BCUT2D eigenvalue weighted by Crippen LogP contribution is 2.22. The van der Waals surface area contributed by atoms with E-state index in [-0.39, 0.29) is 5.82 Å². The minimum absolute atomic E-state index is 0.223. The zero-order chi connectivity index (χ0) is 12.8. The van der Waals surface area contributed by atoms with Crippen molar-refractivity contribution in [1.29, 1.82) is 0 Å². The molecule has 100 valence electrons. The molecule has 0 bridgehead atoms. The maximum atomic E-state index is 13.2. The topological polar surface area (TPSA) is 30.5 Å². The number of nitrogens with one attached hydrogen (secondary N) is 1. The molecule has 0 saturated carbocycles. The van der Waals surface area contributed by atoms with Gasteiger partial charge >= 0.3 is 0 Å². The first-order valence-corrected chi connectivity index (χ1v) is 6.49. The molecule has 1 heterocycles. The molecule has 1 aliphatic rings. The third-order valence-corrected chi connectivity index (χ3v) is 3.09. The molecular formula is C14H20FNO2. The molecule has 2 rings (SSSR count). The first-order valence-electron chi connectivity index (χ1n) is 6.49. The Labute approximate surface area is 107 Å². The van der Waals surface area contributed by atoms with Gasteiger partial charge < -0.3 is 14.8 Å². The molecule has 1 aromatic carbocycles. The van der Waals surface area contributed by atoms with Gasteiger partial charge in [0.25, 0.3) is 0 Å². The Bertz CT molecular complexity index is 378. The van der Waals surface area contributed by atoms with Crippen LogP contribution < -0.4 is 10.1 Å². The van der Waals surface area contributed by atoms with Gasteiger partial charge in [0.15, 0.2) is 0 Å². The van der Waals surface area contributed by atoms with E-state index in [2.05, 4.69) is 5.32 Å². The quantitative estimate of drug-likeness (QED) is 0.844. The Morgan fingerprint density at radius 1 is 1.50 bits per heavy atom. The van der Waals surface area contributed by atoms with Crippen molar-refractivity contribution >= 4 is 0 Å². The molecule has 4 heteroatoms. The van der Waals surface area contributed by atoms with Crippen LogP contribution in [0, 0.1) is 11.7 Å². The minimum atomic E-state index is -0.223. The van der Waals surface area contributed by atoms with Crippen LogP contribution in [-0.2, 0) is 11.3 Å². The lowest BCUT2D eigenvalue weighted by molar-refractivity contribution is 0.166. The van der Waals surface area contributed by atoms with E-state index < -0.39 is 0 Å². The second-order valence-corrected chi connectivity index (χ2v) is 4.57. The summed E-state index contributed by atoms with van der Waals surface area (Å²) in [6.07, 6.45) is 1.05. The summed E-state index contributed by atoms with van der Waals surface area (Å²) >= 11 is 0. The van der Waals surface area contributed by atoms with Gasteiger partial charge in [-0.05, 0) is 31.2 Å². The highest BCUT2D eigenvalue weighted by Gasteiger charge is 2.17. The van der Waals surface area contributed by atoms with Crippen LogP contribution in [0.2, 0.25) is 0 Å². The Kier molecular flexibility index (Phi) is 4.96. The first-order chi connectivity index (χ1) is 8.79. The molecule has 1 fully saturated rings. The Morgan fingerprint density at radius 2 is 2.39 bits per heavy atom. The molecule has 1 unspecified atom stereocenters. The summed E-state index contributed by atoms with van der Waals surface area (Å²) in [6.45, 7) is 5.74. The molecule has 1 saturated heterocycles. The number of hydrogen-bond donors (Lipinski definition) is 1. The lowest BCUT2D eigenvalue weighted by Crippen LogP contribution is -2.16. The second-order valence-electron chi connectivity index (χ2n) is 4.57. The van der Waals surface area contributed by atoms with Crippen molar-refractivity contribution in [2.24, 2.45) is 5.92 Å². The van der Waals surface area contributed by atoms with E-state index in [9.17, 15) is 4.39 Å². The fraction of sp³-hybridized carbons (Fsp3) is 0.571. The van der Waals surface area contributed by atoms with Gasteiger partial charge in [0.2, 0.25) is 0 Å². The lowest BCUT2D eigenvalue weighted by atomic mass is 10.1. The van der Waals surface area contributed by atoms with Crippen LogP contribution in [0.15, 0.2) is 18.2 Å². The molecule has 1 N–H and O–H groups in total. The maximum absolute atomic E-state index is 13.2. The highest BCUT2D eigenvalue weighted by molar-refractivity contribution is 5.33. The van der Waals surface area contributed by atoms with Crippen molar-refractivity contribution in [2.45, 2.75) is 19.9 Å². The van der Waals surface area contributed by atoms with Crippen molar-refractivity contribution in [1.82, 2.24) is 5.32 Å². The molecule has 0 amide bonds. The number of halogens is 1. The third-order valence-electron chi connectivity index (χ3n) is 3.09. The monoisotopic (exact) mass is 253 g/mol. The van der Waals surface area contributed by atoms with E-state index in [1.54, 1.807) is 6.07 Å². The van der Waals surface area contributed by atoms with Crippen LogP contribution in [0.5, 0.6) is 5.75 Å².